The lowest BCUT2D eigenvalue weighted by molar-refractivity contribution is -0.156. The summed E-state index contributed by atoms with van der Waals surface area (Å²) >= 11 is 6.40. The van der Waals surface area contributed by atoms with Crippen LogP contribution < -0.4 is 14.4 Å². The molecule has 1 saturated carbocycles. The minimum atomic E-state index is -3.06. The molecule has 45 heavy (non-hydrogen) atoms. The summed E-state index contributed by atoms with van der Waals surface area (Å²) in [6, 6.07) is 11.3. The van der Waals surface area contributed by atoms with Gasteiger partial charge in [0.2, 0.25) is 0 Å². The molecule has 2 heterocycles. The Morgan fingerprint density at radius 3 is 2.71 bits per heavy atom. The number of benzene rings is 2. The van der Waals surface area contributed by atoms with E-state index in [0.29, 0.717) is 48.9 Å². The number of allylic oxidation sites excluding steroid dienone is 1. The van der Waals surface area contributed by atoms with Crippen LogP contribution in [-0.2, 0) is 26.3 Å². The first-order valence-corrected chi connectivity index (χ1v) is 18.1. The van der Waals surface area contributed by atoms with E-state index < -0.39 is 38.8 Å². The molecule has 1 amide bonds. The predicted molar refractivity (Wildman–Crippen MR) is 177 cm³/mol. The van der Waals surface area contributed by atoms with Crippen LogP contribution in [0.5, 0.6) is 5.75 Å². The van der Waals surface area contributed by atoms with E-state index in [2.05, 4.69) is 21.6 Å². The highest BCUT2D eigenvalue weighted by atomic mass is 35.5. The maximum Gasteiger partial charge on any atom is 0.270 e. The molecule has 1 spiro atoms. The van der Waals surface area contributed by atoms with Gasteiger partial charge in [0.05, 0.1) is 22.0 Å². The Morgan fingerprint density at radius 1 is 1.20 bits per heavy atom. The Morgan fingerprint density at radius 2 is 2.00 bits per heavy atom. The summed E-state index contributed by atoms with van der Waals surface area (Å²) in [6.45, 7) is 5.20. The molecule has 6 rings (SSSR count). The summed E-state index contributed by atoms with van der Waals surface area (Å²) in [6.07, 6.45) is 5.15. The van der Waals surface area contributed by atoms with E-state index in [-0.39, 0.29) is 17.3 Å². The summed E-state index contributed by atoms with van der Waals surface area (Å²) in [5.74, 6) is 3.41. The zero-order valence-corrected chi connectivity index (χ0v) is 27.8. The largest absolute Gasteiger partial charge is 0.490 e. The zero-order chi connectivity index (χ0) is 32.1. The lowest BCUT2D eigenvalue weighted by atomic mass is 9.64. The number of nitrogens with one attached hydrogen (secondary N) is 1. The third-order valence-corrected chi connectivity index (χ3v) is 13.4. The first-order valence-electron chi connectivity index (χ1n) is 15.9. The number of aryl methyl sites for hydroxylation is 1. The Bertz CT molecular complexity index is 1600. The minimum absolute atomic E-state index is 0.0693. The van der Waals surface area contributed by atoms with Gasteiger partial charge < -0.3 is 14.4 Å². The molecule has 2 aliphatic carbocycles. The van der Waals surface area contributed by atoms with Crippen LogP contribution in [0.1, 0.15) is 67.4 Å². The van der Waals surface area contributed by atoms with E-state index in [4.69, 9.17) is 21.1 Å². The molecule has 0 saturated heterocycles. The number of alkyl halides is 2. The summed E-state index contributed by atoms with van der Waals surface area (Å²) in [4.78, 5) is 15.8. The number of rotatable bonds is 2. The first-order chi connectivity index (χ1) is 21.4. The van der Waals surface area contributed by atoms with Crippen molar-refractivity contribution in [1.29, 1.82) is 0 Å². The van der Waals surface area contributed by atoms with E-state index in [9.17, 15) is 9.00 Å². The number of hydrogen-bond acceptors (Lipinski definition) is 5. The molecule has 2 aromatic carbocycles. The van der Waals surface area contributed by atoms with Crippen LogP contribution in [0.3, 0.4) is 0 Å². The molecule has 2 aromatic rings. The van der Waals surface area contributed by atoms with Gasteiger partial charge >= 0.3 is 0 Å². The molecule has 2 aliphatic heterocycles. The van der Waals surface area contributed by atoms with Crippen LogP contribution in [0, 0.1) is 17.8 Å². The SMILES string of the molecule is C=S1(=O)NC(=O)c2ccc3c(c2)N(C[C@@H]2CC[C@H]2[C@@](OC)(C(F)F)/C=C/C[C@H](C)[C@H]1C)C[C@@]1(CCCc2cc(Cl)ccc21)CO3. The minimum Gasteiger partial charge on any atom is -0.490 e. The van der Waals surface area contributed by atoms with Crippen molar-refractivity contribution in [1.82, 2.24) is 4.72 Å². The highest BCUT2D eigenvalue weighted by Crippen LogP contribution is 2.50. The van der Waals surface area contributed by atoms with Crippen molar-refractivity contribution in [2.24, 2.45) is 17.8 Å². The molecule has 1 fully saturated rings. The monoisotopic (exact) mass is 660 g/mol. The fraction of sp³-hybridized carbons (Fsp3) is 0.543. The molecule has 2 bridgehead atoms. The van der Waals surface area contributed by atoms with Gasteiger partial charge in [-0.15, -0.1) is 0 Å². The van der Waals surface area contributed by atoms with Gasteiger partial charge in [0, 0.05) is 47.4 Å². The van der Waals surface area contributed by atoms with Crippen LogP contribution in [0.15, 0.2) is 48.6 Å². The van der Waals surface area contributed by atoms with Crippen molar-refractivity contribution in [2.75, 3.05) is 31.7 Å². The van der Waals surface area contributed by atoms with Gasteiger partial charge in [0.1, 0.15) is 11.4 Å². The Kier molecular flexibility index (Phi) is 8.76. The molecule has 6 nitrogen and oxygen atoms in total. The second-order valence-electron chi connectivity index (χ2n) is 13.6. The van der Waals surface area contributed by atoms with Crippen molar-refractivity contribution >= 4 is 38.8 Å². The van der Waals surface area contributed by atoms with Gasteiger partial charge in [-0.05, 0) is 105 Å². The highest BCUT2D eigenvalue weighted by molar-refractivity contribution is 7.99. The molecular formula is C35H43ClF2N2O4S. The lowest BCUT2D eigenvalue weighted by Gasteiger charge is -2.50. The number of carbonyl (C=O) groups is 1. The molecule has 7 atom stereocenters. The van der Waals surface area contributed by atoms with Gasteiger partial charge in [0.25, 0.3) is 12.3 Å². The van der Waals surface area contributed by atoms with E-state index in [0.717, 1.165) is 31.4 Å². The number of hydrogen-bond donors (Lipinski definition) is 1. The van der Waals surface area contributed by atoms with Crippen LogP contribution in [0.25, 0.3) is 0 Å². The molecule has 0 aromatic heterocycles. The predicted octanol–water partition coefficient (Wildman–Crippen LogP) is 6.84. The number of ether oxygens (including phenoxy) is 2. The number of amides is 1. The average Bonchev–Trinajstić information content (AvgIpc) is 3.14. The Balaban J connectivity index is 1.47. The van der Waals surface area contributed by atoms with Gasteiger partial charge in [-0.3, -0.25) is 9.52 Å². The highest BCUT2D eigenvalue weighted by Gasteiger charge is 2.53. The van der Waals surface area contributed by atoms with Crippen LogP contribution in [0.2, 0.25) is 5.02 Å². The molecule has 10 heteroatoms. The summed E-state index contributed by atoms with van der Waals surface area (Å²) < 4.78 is 58.7. The summed E-state index contributed by atoms with van der Waals surface area (Å²) in [7, 11) is -1.69. The third kappa shape index (κ3) is 5.78. The third-order valence-electron chi connectivity index (χ3n) is 11.0. The number of nitrogens with zero attached hydrogens (tertiary/aromatic N) is 1. The molecule has 4 aliphatic rings. The average molecular weight is 661 g/mol. The second-order valence-corrected chi connectivity index (χ2v) is 16.4. The topological polar surface area (TPSA) is 67.9 Å². The quantitative estimate of drug-likeness (QED) is 0.282. The van der Waals surface area contributed by atoms with E-state index >= 15 is 8.78 Å². The number of carbonyl (C=O) groups excluding carboxylic acids is 1. The summed E-state index contributed by atoms with van der Waals surface area (Å²) in [5.41, 5.74) is 1.39. The van der Waals surface area contributed by atoms with Crippen molar-refractivity contribution < 1.29 is 27.3 Å². The fourth-order valence-electron chi connectivity index (χ4n) is 7.93. The molecule has 244 valence electrons. The fourth-order valence-corrected chi connectivity index (χ4v) is 9.60. The number of halogens is 3. The molecular weight excluding hydrogens is 618 g/mol. The maximum absolute atomic E-state index is 15.0. The Labute approximate surface area is 270 Å². The number of fused-ring (bicyclic) bond motifs is 4. The standard InChI is InChI=1S/C35H43ClF2N2O4S/c1-22-7-5-16-35(43-3,33(37)38)29-12-9-26(29)19-40-20-34(15-6-8-24-17-27(36)11-13-28(24)34)21-44-31-14-10-25(18-30(31)40)32(41)39-45(4,42)23(22)2/h5,10-11,13-14,16-18,22-23,26,29,33H,4,6-9,12,15,19-21H2,1-3H3,(H,39,41,42)/b16-5+/t22-,23+,26-,29+,34-,35+,45?/m0/s1. The van der Waals surface area contributed by atoms with E-state index in [1.807, 2.05) is 19.1 Å². The van der Waals surface area contributed by atoms with Crippen LogP contribution in [-0.4, -0.2) is 60.1 Å². The second kappa shape index (κ2) is 12.2. The van der Waals surface area contributed by atoms with E-state index in [1.54, 1.807) is 31.2 Å². The van der Waals surface area contributed by atoms with Crippen molar-refractivity contribution in [3.05, 3.63) is 70.3 Å². The summed E-state index contributed by atoms with van der Waals surface area (Å²) in [5, 5.41) is 0.197. The lowest BCUT2D eigenvalue weighted by Crippen LogP contribution is -2.55. The Hall–Kier alpha value is -2.62. The molecule has 1 N–H and O–H groups in total. The van der Waals surface area contributed by atoms with Crippen molar-refractivity contribution in [3.8, 4) is 5.75 Å². The van der Waals surface area contributed by atoms with Gasteiger partial charge in [-0.1, -0.05) is 36.7 Å². The number of methoxy groups -OCH3 is 1. The zero-order valence-electron chi connectivity index (χ0n) is 26.2. The first kappa shape index (κ1) is 32.3. The van der Waals surface area contributed by atoms with Crippen LogP contribution >= 0.6 is 11.6 Å². The molecule has 0 radical (unpaired) electrons. The van der Waals surface area contributed by atoms with Crippen molar-refractivity contribution in [2.45, 2.75) is 75.1 Å². The van der Waals surface area contributed by atoms with Gasteiger partial charge in [0.15, 0.2) is 0 Å². The van der Waals surface area contributed by atoms with Crippen molar-refractivity contribution in [3.63, 3.8) is 0 Å². The number of anilines is 1. The van der Waals surface area contributed by atoms with Gasteiger partial charge in [-0.2, -0.15) is 0 Å². The van der Waals surface area contributed by atoms with E-state index in [1.165, 1.54) is 24.3 Å². The van der Waals surface area contributed by atoms with Crippen LogP contribution in [0.4, 0.5) is 14.5 Å². The van der Waals surface area contributed by atoms with Gasteiger partial charge in [-0.25, -0.2) is 13.0 Å². The normalized spacial score (nSPS) is 35.8. The molecule has 1 unspecified atom stereocenters. The maximum atomic E-state index is 15.0. The smallest absolute Gasteiger partial charge is 0.270 e.